The Balaban J connectivity index is 4.37. The normalized spacial score (nSPS) is 12.5. The van der Waals surface area contributed by atoms with E-state index in [-0.39, 0.29) is 6.54 Å². The number of carbonyl (C=O) groups is 1. The average Bonchev–Trinajstić information content (AvgIpc) is 2.12. The molecule has 1 N–H and O–H groups in total. The second kappa shape index (κ2) is 6.02. The zero-order chi connectivity index (χ0) is 11.1. The van der Waals surface area contributed by atoms with Crippen LogP contribution in [0.4, 0.5) is 0 Å². The summed E-state index contributed by atoms with van der Waals surface area (Å²) >= 11 is 0. The molecule has 0 bridgehead atoms. The summed E-state index contributed by atoms with van der Waals surface area (Å²) in [5, 5.41) is 8.56. The van der Waals surface area contributed by atoms with E-state index < -0.39 is 5.97 Å². The van der Waals surface area contributed by atoms with Crippen LogP contribution < -0.4 is 0 Å². The lowest BCUT2D eigenvalue weighted by Gasteiger charge is -2.16. The number of likely N-dealkylation sites (N-methyl/N-ethyl adjacent to an activating group) is 1. The van der Waals surface area contributed by atoms with E-state index in [9.17, 15) is 4.79 Å². The third kappa shape index (κ3) is 5.19. The van der Waals surface area contributed by atoms with Gasteiger partial charge in [0.05, 0.1) is 0 Å². The van der Waals surface area contributed by atoms with Crippen molar-refractivity contribution in [3.05, 3.63) is 36.1 Å². The minimum absolute atomic E-state index is 0.0172. The van der Waals surface area contributed by atoms with Gasteiger partial charge in [-0.25, -0.2) is 0 Å². The third-order valence-corrected chi connectivity index (χ3v) is 1.88. The molecule has 0 rings (SSSR count). The molecule has 0 radical (unpaired) electrons. The summed E-state index contributed by atoms with van der Waals surface area (Å²) in [7, 11) is 1.75. The Kier molecular flexibility index (Phi) is 5.37. The van der Waals surface area contributed by atoms with Crippen molar-refractivity contribution >= 4 is 5.97 Å². The minimum Gasteiger partial charge on any atom is -0.480 e. The first-order valence-corrected chi connectivity index (χ1v) is 4.38. The predicted octanol–water partition coefficient (Wildman–Crippen LogP) is 2.04. The first-order valence-electron chi connectivity index (χ1n) is 4.38. The zero-order valence-corrected chi connectivity index (χ0v) is 8.95. The van der Waals surface area contributed by atoms with Gasteiger partial charge in [0.1, 0.15) is 6.54 Å². The van der Waals surface area contributed by atoms with Crippen LogP contribution >= 0.6 is 0 Å². The molecule has 3 nitrogen and oxygen atoms in total. The molecule has 0 saturated carbocycles. The summed E-state index contributed by atoms with van der Waals surface area (Å²) in [6, 6.07) is 0. The lowest BCUT2D eigenvalue weighted by molar-refractivity contribution is -0.137. The Bertz CT molecular complexity index is 277. The Labute approximate surface area is 85.0 Å². The van der Waals surface area contributed by atoms with Gasteiger partial charge in [-0.05, 0) is 19.9 Å². The second-order valence-corrected chi connectivity index (χ2v) is 3.17. The first-order chi connectivity index (χ1) is 6.47. The molecule has 0 amide bonds. The smallest absolute Gasteiger partial charge is 0.323 e. The molecule has 0 fully saturated rings. The van der Waals surface area contributed by atoms with Crippen molar-refractivity contribution in [3.63, 3.8) is 0 Å². The van der Waals surface area contributed by atoms with E-state index >= 15 is 0 Å². The van der Waals surface area contributed by atoms with Gasteiger partial charge in [0.15, 0.2) is 0 Å². The number of hydrogen-bond donors (Lipinski definition) is 1. The molecule has 0 aliphatic carbocycles. The van der Waals surface area contributed by atoms with Crippen molar-refractivity contribution in [1.29, 1.82) is 0 Å². The lowest BCUT2D eigenvalue weighted by Crippen LogP contribution is -2.23. The van der Waals surface area contributed by atoms with E-state index in [1.807, 2.05) is 26.0 Å². The van der Waals surface area contributed by atoms with Gasteiger partial charge >= 0.3 is 5.97 Å². The molecule has 0 aromatic rings. The number of carboxylic acids is 1. The van der Waals surface area contributed by atoms with Crippen molar-refractivity contribution in [2.24, 2.45) is 0 Å². The van der Waals surface area contributed by atoms with Crippen molar-refractivity contribution in [2.75, 3.05) is 13.6 Å². The fraction of sp³-hybridized carbons (Fsp3) is 0.364. The Morgan fingerprint density at radius 3 is 2.43 bits per heavy atom. The van der Waals surface area contributed by atoms with Gasteiger partial charge in [-0.3, -0.25) is 4.79 Å². The van der Waals surface area contributed by atoms with Crippen LogP contribution in [-0.4, -0.2) is 29.6 Å². The van der Waals surface area contributed by atoms with Crippen molar-refractivity contribution < 1.29 is 9.90 Å². The van der Waals surface area contributed by atoms with E-state index in [0.29, 0.717) is 0 Å². The van der Waals surface area contributed by atoms with Crippen molar-refractivity contribution in [1.82, 2.24) is 4.90 Å². The fourth-order valence-electron chi connectivity index (χ4n) is 0.775. The predicted molar refractivity (Wildman–Crippen MR) is 58.0 cm³/mol. The molecule has 0 saturated heterocycles. The van der Waals surface area contributed by atoms with Crippen molar-refractivity contribution in [2.45, 2.75) is 13.8 Å². The lowest BCUT2D eigenvalue weighted by atomic mass is 10.2. The summed E-state index contributed by atoms with van der Waals surface area (Å²) in [6.07, 6.45) is 5.53. The highest BCUT2D eigenvalue weighted by atomic mass is 16.4. The van der Waals surface area contributed by atoms with Gasteiger partial charge in [0.25, 0.3) is 0 Å². The largest absolute Gasteiger partial charge is 0.480 e. The molecule has 0 atom stereocenters. The van der Waals surface area contributed by atoms with Crippen molar-refractivity contribution in [3.8, 4) is 0 Å². The summed E-state index contributed by atoms with van der Waals surface area (Å²) in [4.78, 5) is 12.1. The highest BCUT2D eigenvalue weighted by Gasteiger charge is 2.02. The van der Waals surface area contributed by atoms with E-state index in [2.05, 4.69) is 6.58 Å². The first kappa shape index (κ1) is 12.5. The highest BCUT2D eigenvalue weighted by molar-refractivity contribution is 5.69. The van der Waals surface area contributed by atoms with Crippen LogP contribution in [-0.2, 0) is 4.79 Å². The van der Waals surface area contributed by atoms with Crippen LogP contribution in [0.5, 0.6) is 0 Å². The summed E-state index contributed by atoms with van der Waals surface area (Å²) in [6.45, 7) is 7.45. The SMILES string of the molecule is C=C/C(C)=C/C=C(\C)N(C)CC(=O)O. The average molecular weight is 195 g/mol. The minimum atomic E-state index is -0.829. The molecular weight excluding hydrogens is 178 g/mol. The van der Waals surface area contributed by atoms with Gasteiger partial charge in [0.2, 0.25) is 0 Å². The molecule has 0 aromatic heterocycles. The van der Waals surface area contributed by atoms with Crippen LogP contribution in [0.2, 0.25) is 0 Å². The quantitative estimate of drug-likeness (QED) is 0.682. The molecule has 0 spiro atoms. The second-order valence-electron chi connectivity index (χ2n) is 3.17. The van der Waals surface area contributed by atoms with Crippen LogP contribution in [0.3, 0.4) is 0 Å². The zero-order valence-electron chi connectivity index (χ0n) is 8.95. The molecule has 0 aliphatic heterocycles. The summed E-state index contributed by atoms with van der Waals surface area (Å²) < 4.78 is 0. The molecule has 3 heteroatoms. The number of allylic oxidation sites excluding steroid dienone is 5. The third-order valence-electron chi connectivity index (χ3n) is 1.88. The van der Waals surface area contributed by atoms with Gasteiger partial charge in [0, 0.05) is 12.7 Å². The van der Waals surface area contributed by atoms with E-state index in [4.69, 9.17) is 5.11 Å². The molecule has 0 unspecified atom stereocenters. The maximum Gasteiger partial charge on any atom is 0.323 e. The summed E-state index contributed by atoms with van der Waals surface area (Å²) in [5.74, 6) is -0.829. The van der Waals surface area contributed by atoms with Gasteiger partial charge in [-0.15, -0.1) is 0 Å². The molecule has 78 valence electrons. The van der Waals surface area contributed by atoms with Crippen LogP contribution in [0, 0.1) is 0 Å². The van der Waals surface area contributed by atoms with Gasteiger partial charge < -0.3 is 10.0 Å². The van der Waals surface area contributed by atoms with E-state index in [1.54, 1.807) is 18.0 Å². The maximum absolute atomic E-state index is 10.4. The molecule has 0 aliphatic rings. The van der Waals surface area contributed by atoms with Crippen LogP contribution in [0.1, 0.15) is 13.8 Å². The summed E-state index contributed by atoms with van der Waals surface area (Å²) in [5.41, 5.74) is 1.96. The number of rotatable bonds is 5. The molecule has 14 heavy (non-hydrogen) atoms. The monoisotopic (exact) mass is 195 g/mol. The molecular formula is C11H17NO2. The number of nitrogens with zero attached hydrogens (tertiary/aromatic N) is 1. The topological polar surface area (TPSA) is 40.5 Å². The highest BCUT2D eigenvalue weighted by Crippen LogP contribution is 2.02. The number of carboxylic acid groups (broad SMARTS) is 1. The van der Waals surface area contributed by atoms with E-state index in [0.717, 1.165) is 11.3 Å². The Hall–Kier alpha value is -1.51. The number of aliphatic carboxylic acids is 1. The Morgan fingerprint density at radius 2 is 2.00 bits per heavy atom. The van der Waals surface area contributed by atoms with Gasteiger partial charge in [-0.1, -0.05) is 24.3 Å². The fourth-order valence-corrected chi connectivity index (χ4v) is 0.775. The molecule has 0 aromatic carbocycles. The van der Waals surface area contributed by atoms with Gasteiger partial charge in [-0.2, -0.15) is 0 Å². The maximum atomic E-state index is 10.4. The number of hydrogen-bond acceptors (Lipinski definition) is 2. The van der Waals surface area contributed by atoms with E-state index in [1.165, 1.54) is 0 Å². The standard InChI is InChI=1S/C11H17NO2/c1-5-9(2)6-7-10(3)12(4)8-11(13)14/h5-7H,1,8H2,2-4H3,(H,13,14)/b9-6+,10-7+. The van der Waals surface area contributed by atoms with Crippen LogP contribution in [0.15, 0.2) is 36.1 Å². The van der Waals surface area contributed by atoms with Crippen LogP contribution in [0.25, 0.3) is 0 Å². The Morgan fingerprint density at radius 1 is 1.43 bits per heavy atom. The molecule has 0 heterocycles.